The molecular formula is C16H21N5. The fourth-order valence-electron chi connectivity index (χ4n) is 2.68. The van der Waals surface area contributed by atoms with E-state index < -0.39 is 0 Å². The Bertz CT molecular complexity index is 590. The molecule has 0 radical (unpaired) electrons. The molecule has 0 saturated carbocycles. The van der Waals surface area contributed by atoms with Crippen molar-refractivity contribution in [2.24, 2.45) is 5.92 Å². The van der Waals surface area contributed by atoms with Gasteiger partial charge in [-0.25, -0.2) is 4.98 Å². The normalized spacial score (nSPS) is 19.0. The average molecular weight is 283 g/mol. The smallest absolute Gasteiger partial charge is 0.199 e. The summed E-state index contributed by atoms with van der Waals surface area (Å²) in [5.41, 5.74) is 0.796. The molecule has 2 N–H and O–H groups in total. The quantitative estimate of drug-likeness (QED) is 0.800. The highest BCUT2D eigenvalue weighted by molar-refractivity contribution is 5.47. The molecule has 1 aliphatic carbocycles. The lowest BCUT2D eigenvalue weighted by atomic mass is 10.0. The van der Waals surface area contributed by atoms with E-state index in [-0.39, 0.29) is 0 Å². The van der Waals surface area contributed by atoms with Gasteiger partial charge in [-0.2, -0.15) is 5.10 Å². The first kappa shape index (κ1) is 13.9. The summed E-state index contributed by atoms with van der Waals surface area (Å²) in [5.74, 6) is 2.23. The summed E-state index contributed by atoms with van der Waals surface area (Å²) >= 11 is 0. The van der Waals surface area contributed by atoms with Crippen molar-refractivity contribution in [3.63, 3.8) is 0 Å². The van der Waals surface area contributed by atoms with Crippen LogP contribution in [0.1, 0.15) is 32.0 Å². The Morgan fingerprint density at radius 1 is 1.43 bits per heavy atom. The highest BCUT2D eigenvalue weighted by atomic mass is 15.2. The van der Waals surface area contributed by atoms with Crippen LogP contribution in [0.25, 0.3) is 11.5 Å². The second-order valence-electron chi connectivity index (χ2n) is 5.60. The Morgan fingerprint density at radius 3 is 3.14 bits per heavy atom. The Balaban J connectivity index is 1.51. The second kappa shape index (κ2) is 6.63. The van der Waals surface area contributed by atoms with Crippen molar-refractivity contribution in [3.05, 3.63) is 42.4 Å². The van der Waals surface area contributed by atoms with Gasteiger partial charge in [-0.3, -0.25) is 10.1 Å². The molecular weight excluding hydrogens is 262 g/mol. The van der Waals surface area contributed by atoms with Crippen LogP contribution in [0, 0.1) is 5.92 Å². The van der Waals surface area contributed by atoms with Gasteiger partial charge in [0.1, 0.15) is 11.5 Å². The molecule has 2 unspecified atom stereocenters. The number of hydrogen-bond donors (Lipinski definition) is 2. The fourth-order valence-corrected chi connectivity index (χ4v) is 2.68. The van der Waals surface area contributed by atoms with Gasteiger partial charge in [0.25, 0.3) is 0 Å². The van der Waals surface area contributed by atoms with Crippen LogP contribution in [0.2, 0.25) is 0 Å². The third-order valence-corrected chi connectivity index (χ3v) is 3.81. The van der Waals surface area contributed by atoms with Gasteiger partial charge in [-0.05, 0) is 44.2 Å². The number of hydrogen-bond acceptors (Lipinski definition) is 4. The number of allylic oxidation sites excluding steroid dienone is 2. The molecule has 3 rings (SSSR count). The number of pyridine rings is 1. The maximum absolute atomic E-state index is 4.48. The lowest BCUT2D eigenvalue weighted by Crippen LogP contribution is -2.27. The van der Waals surface area contributed by atoms with Crippen LogP contribution in [0.3, 0.4) is 0 Å². The Hall–Kier alpha value is -2.01. The summed E-state index contributed by atoms with van der Waals surface area (Å²) in [6.07, 6.45) is 10.1. The highest BCUT2D eigenvalue weighted by Crippen LogP contribution is 2.21. The molecule has 5 heteroatoms. The molecule has 0 saturated heterocycles. The molecule has 0 spiro atoms. The zero-order valence-electron chi connectivity index (χ0n) is 12.3. The summed E-state index contributed by atoms with van der Waals surface area (Å²) in [7, 11) is 0. The summed E-state index contributed by atoms with van der Waals surface area (Å²) in [6.45, 7) is 2.93. The minimum atomic E-state index is 0.473. The van der Waals surface area contributed by atoms with Crippen LogP contribution in [0.4, 0.5) is 0 Å². The van der Waals surface area contributed by atoms with Gasteiger partial charge in [-0.15, -0.1) is 0 Å². The van der Waals surface area contributed by atoms with E-state index >= 15 is 0 Å². The number of nitrogens with one attached hydrogen (secondary N) is 2. The molecule has 2 aromatic heterocycles. The van der Waals surface area contributed by atoms with E-state index in [9.17, 15) is 0 Å². The zero-order valence-corrected chi connectivity index (χ0v) is 12.3. The van der Waals surface area contributed by atoms with E-state index in [4.69, 9.17) is 0 Å². The predicted octanol–water partition coefficient (Wildman–Crippen LogP) is 2.70. The van der Waals surface area contributed by atoms with Crippen molar-refractivity contribution in [2.75, 3.05) is 0 Å². The van der Waals surface area contributed by atoms with Crippen LogP contribution in [0.5, 0.6) is 0 Å². The summed E-state index contributed by atoms with van der Waals surface area (Å²) < 4.78 is 0. The minimum Gasteiger partial charge on any atom is -0.307 e. The summed E-state index contributed by atoms with van der Waals surface area (Å²) in [5, 5.41) is 10.7. The molecule has 2 heterocycles. The Labute approximate surface area is 124 Å². The maximum Gasteiger partial charge on any atom is 0.199 e. The lowest BCUT2D eigenvalue weighted by Gasteiger charge is -2.16. The van der Waals surface area contributed by atoms with Crippen molar-refractivity contribution >= 4 is 0 Å². The molecule has 2 aromatic rings. The number of H-pyrrole nitrogens is 1. The average Bonchev–Trinajstić information content (AvgIpc) is 3.17. The second-order valence-corrected chi connectivity index (χ2v) is 5.60. The first-order valence-corrected chi connectivity index (χ1v) is 7.54. The van der Waals surface area contributed by atoms with Crippen molar-refractivity contribution in [1.82, 2.24) is 25.5 Å². The fraction of sp³-hybridized carbons (Fsp3) is 0.438. The molecule has 0 amide bonds. The number of aromatic amines is 1. The van der Waals surface area contributed by atoms with Gasteiger partial charge in [0.15, 0.2) is 5.82 Å². The van der Waals surface area contributed by atoms with E-state index in [0.717, 1.165) is 17.4 Å². The van der Waals surface area contributed by atoms with Crippen LogP contribution in [-0.4, -0.2) is 26.2 Å². The predicted molar refractivity (Wildman–Crippen MR) is 82.4 cm³/mol. The van der Waals surface area contributed by atoms with Crippen molar-refractivity contribution in [3.8, 4) is 11.5 Å². The van der Waals surface area contributed by atoms with Crippen LogP contribution in [-0.2, 0) is 6.54 Å². The SMILES string of the molecule is CC(CC1C=CCC1)NCc1nc(-c2ccccn2)n[nH]1. The maximum atomic E-state index is 4.48. The van der Waals surface area contributed by atoms with Gasteiger partial charge in [0, 0.05) is 12.2 Å². The Kier molecular flexibility index (Phi) is 4.40. The molecule has 2 atom stereocenters. The third kappa shape index (κ3) is 3.76. The topological polar surface area (TPSA) is 66.5 Å². The molecule has 0 aromatic carbocycles. The third-order valence-electron chi connectivity index (χ3n) is 3.81. The van der Waals surface area contributed by atoms with Crippen molar-refractivity contribution < 1.29 is 0 Å². The van der Waals surface area contributed by atoms with Crippen LogP contribution < -0.4 is 5.32 Å². The summed E-state index contributed by atoms with van der Waals surface area (Å²) in [6, 6.07) is 6.21. The number of nitrogens with zero attached hydrogens (tertiary/aromatic N) is 3. The first-order valence-electron chi connectivity index (χ1n) is 7.54. The summed E-state index contributed by atoms with van der Waals surface area (Å²) in [4.78, 5) is 8.73. The van der Waals surface area contributed by atoms with Gasteiger partial charge in [-0.1, -0.05) is 18.2 Å². The molecule has 5 nitrogen and oxygen atoms in total. The first-order chi connectivity index (χ1) is 10.3. The molecule has 0 aliphatic heterocycles. The van der Waals surface area contributed by atoms with Gasteiger partial charge < -0.3 is 5.32 Å². The van der Waals surface area contributed by atoms with E-state index in [0.29, 0.717) is 18.4 Å². The van der Waals surface area contributed by atoms with E-state index in [2.05, 4.69) is 44.6 Å². The lowest BCUT2D eigenvalue weighted by molar-refractivity contribution is 0.438. The van der Waals surface area contributed by atoms with Crippen molar-refractivity contribution in [2.45, 2.75) is 38.8 Å². The number of rotatable bonds is 6. The van der Waals surface area contributed by atoms with E-state index in [1.807, 2.05) is 18.2 Å². The molecule has 110 valence electrons. The van der Waals surface area contributed by atoms with Crippen molar-refractivity contribution in [1.29, 1.82) is 0 Å². The van der Waals surface area contributed by atoms with E-state index in [1.165, 1.54) is 19.3 Å². The van der Waals surface area contributed by atoms with Gasteiger partial charge >= 0.3 is 0 Å². The highest BCUT2D eigenvalue weighted by Gasteiger charge is 2.14. The van der Waals surface area contributed by atoms with E-state index in [1.54, 1.807) is 6.20 Å². The van der Waals surface area contributed by atoms with Crippen LogP contribution >= 0.6 is 0 Å². The minimum absolute atomic E-state index is 0.473. The monoisotopic (exact) mass is 283 g/mol. The van der Waals surface area contributed by atoms with Gasteiger partial charge in [0.2, 0.25) is 0 Å². The molecule has 0 bridgehead atoms. The zero-order chi connectivity index (χ0) is 14.5. The molecule has 0 fully saturated rings. The van der Waals surface area contributed by atoms with Gasteiger partial charge in [0.05, 0.1) is 6.54 Å². The molecule has 1 aliphatic rings. The standard InChI is InChI=1S/C16H21N5/c1-12(10-13-6-2-3-7-13)18-11-15-19-16(21-20-15)14-8-4-5-9-17-14/h2,4-6,8-9,12-13,18H,3,7,10-11H2,1H3,(H,19,20,21). The number of aromatic nitrogens is 4. The van der Waals surface area contributed by atoms with Crippen LogP contribution in [0.15, 0.2) is 36.5 Å². The molecule has 21 heavy (non-hydrogen) atoms. The largest absolute Gasteiger partial charge is 0.307 e. The Morgan fingerprint density at radius 2 is 2.38 bits per heavy atom.